The Morgan fingerprint density at radius 3 is 3.00 bits per heavy atom. The smallest absolute Gasteiger partial charge is 0.220 e. The third-order valence-electron chi connectivity index (χ3n) is 2.60. The third-order valence-corrected chi connectivity index (χ3v) is 3.16. The Morgan fingerprint density at radius 1 is 1.47 bits per heavy atom. The minimum absolute atomic E-state index is 0.167. The molecule has 0 radical (unpaired) electrons. The van der Waals surface area contributed by atoms with Crippen molar-refractivity contribution in [1.82, 2.24) is 5.32 Å². The van der Waals surface area contributed by atoms with Crippen LogP contribution < -0.4 is 5.32 Å². The van der Waals surface area contributed by atoms with Gasteiger partial charge >= 0.3 is 0 Å². The van der Waals surface area contributed by atoms with E-state index in [-0.39, 0.29) is 5.91 Å². The van der Waals surface area contributed by atoms with Gasteiger partial charge in [0.25, 0.3) is 0 Å². The van der Waals surface area contributed by atoms with Crippen molar-refractivity contribution in [2.75, 3.05) is 18.5 Å². The highest BCUT2D eigenvalue weighted by atomic mass is 79.9. The monoisotopic (exact) mass is 277 g/mol. The fourth-order valence-electron chi connectivity index (χ4n) is 1.70. The highest BCUT2D eigenvalue weighted by molar-refractivity contribution is 9.09. The van der Waals surface area contributed by atoms with Crippen LogP contribution in [0, 0.1) is 0 Å². The van der Waals surface area contributed by atoms with Gasteiger partial charge in [0.1, 0.15) is 0 Å². The number of halogens is 1. The topological polar surface area (TPSA) is 38.3 Å². The Kier molecular flexibility index (Phi) is 7.01. The molecule has 1 rings (SSSR count). The van der Waals surface area contributed by atoms with Crippen LogP contribution in [-0.4, -0.2) is 30.5 Å². The molecule has 1 N–H and O–H groups in total. The number of nitrogens with one attached hydrogen (secondary N) is 1. The summed E-state index contributed by atoms with van der Waals surface area (Å²) in [5, 5.41) is 3.94. The first-order chi connectivity index (χ1) is 7.33. The van der Waals surface area contributed by atoms with Crippen LogP contribution in [0.5, 0.6) is 0 Å². The van der Waals surface area contributed by atoms with E-state index in [0.717, 1.165) is 50.6 Å². The molecule has 1 amide bonds. The number of carbonyl (C=O) groups excluding carboxylic acids is 1. The van der Waals surface area contributed by atoms with Crippen LogP contribution in [0.1, 0.15) is 38.5 Å². The van der Waals surface area contributed by atoms with Crippen LogP contribution in [0.3, 0.4) is 0 Å². The molecule has 4 heteroatoms. The maximum Gasteiger partial charge on any atom is 0.220 e. The average molecular weight is 278 g/mol. The second-order valence-electron chi connectivity index (χ2n) is 3.92. The fraction of sp³-hybridized carbons (Fsp3) is 0.909. The molecule has 88 valence electrons. The lowest BCUT2D eigenvalue weighted by Crippen LogP contribution is -2.25. The summed E-state index contributed by atoms with van der Waals surface area (Å²) in [5.74, 6) is 0.167. The van der Waals surface area contributed by atoms with Gasteiger partial charge in [-0.15, -0.1) is 0 Å². The normalized spacial score (nSPS) is 20.5. The van der Waals surface area contributed by atoms with Crippen molar-refractivity contribution in [3.8, 4) is 0 Å². The molecule has 1 fully saturated rings. The van der Waals surface area contributed by atoms with E-state index in [1.54, 1.807) is 0 Å². The van der Waals surface area contributed by atoms with Crippen molar-refractivity contribution in [3.05, 3.63) is 0 Å². The van der Waals surface area contributed by atoms with E-state index in [0.29, 0.717) is 12.5 Å². The van der Waals surface area contributed by atoms with Crippen molar-refractivity contribution in [1.29, 1.82) is 0 Å². The summed E-state index contributed by atoms with van der Waals surface area (Å²) in [6.45, 7) is 1.67. The average Bonchev–Trinajstić information content (AvgIpc) is 2.74. The van der Waals surface area contributed by atoms with Crippen molar-refractivity contribution in [2.45, 2.75) is 44.6 Å². The number of hydrogen-bond donors (Lipinski definition) is 1. The lowest BCUT2D eigenvalue weighted by molar-refractivity contribution is -0.121. The largest absolute Gasteiger partial charge is 0.378 e. The predicted octanol–water partition coefficient (Wildman–Crippen LogP) is 2.24. The molecule has 1 aliphatic heterocycles. The zero-order valence-corrected chi connectivity index (χ0v) is 10.7. The van der Waals surface area contributed by atoms with Gasteiger partial charge in [-0.3, -0.25) is 4.79 Å². The molecule has 1 aliphatic rings. The van der Waals surface area contributed by atoms with Gasteiger partial charge in [0.15, 0.2) is 0 Å². The number of hydrogen-bond acceptors (Lipinski definition) is 2. The number of rotatable bonds is 7. The van der Waals surface area contributed by atoms with Gasteiger partial charge in [-0.2, -0.15) is 0 Å². The van der Waals surface area contributed by atoms with E-state index in [2.05, 4.69) is 21.2 Å². The minimum atomic E-state index is 0.167. The van der Waals surface area contributed by atoms with Gasteiger partial charge in [-0.25, -0.2) is 0 Å². The summed E-state index contributed by atoms with van der Waals surface area (Å²) in [6.07, 6.45) is 6.26. The summed E-state index contributed by atoms with van der Waals surface area (Å²) in [4.78, 5) is 11.4. The molecule has 0 aliphatic carbocycles. The molecule has 0 aromatic carbocycles. The van der Waals surface area contributed by atoms with E-state index in [4.69, 9.17) is 4.74 Å². The van der Waals surface area contributed by atoms with Gasteiger partial charge in [-0.1, -0.05) is 15.9 Å². The van der Waals surface area contributed by atoms with Crippen LogP contribution in [-0.2, 0) is 9.53 Å². The number of ether oxygens (including phenoxy) is 1. The van der Waals surface area contributed by atoms with E-state index >= 15 is 0 Å². The molecular weight excluding hydrogens is 258 g/mol. The SMILES string of the molecule is O=C(CCC1CCCO1)NCCCCBr. The van der Waals surface area contributed by atoms with Crippen molar-refractivity contribution in [3.63, 3.8) is 0 Å². The molecule has 1 saturated heterocycles. The van der Waals surface area contributed by atoms with E-state index in [1.807, 2.05) is 0 Å². The Hall–Kier alpha value is -0.0900. The Morgan fingerprint density at radius 2 is 2.33 bits per heavy atom. The molecule has 15 heavy (non-hydrogen) atoms. The zero-order chi connectivity index (χ0) is 10.9. The maximum atomic E-state index is 11.4. The van der Waals surface area contributed by atoms with Crippen LogP contribution in [0.15, 0.2) is 0 Å². The lowest BCUT2D eigenvalue weighted by Gasteiger charge is -2.09. The zero-order valence-electron chi connectivity index (χ0n) is 9.14. The second kappa shape index (κ2) is 8.11. The summed E-state index contributed by atoms with van der Waals surface area (Å²) in [5.41, 5.74) is 0. The van der Waals surface area contributed by atoms with E-state index in [1.165, 1.54) is 0 Å². The molecule has 1 heterocycles. The van der Waals surface area contributed by atoms with Gasteiger partial charge in [-0.05, 0) is 32.1 Å². The molecule has 0 aromatic rings. The van der Waals surface area contributed by atoms with Crippen LogP contribution >= 0.6 is 15.9 Å². The van der Waals surface area contributed by atoms with Gasteiger partial charge in [0.2, 0.25) is 5.91 Å². The number of alkyl halides is 1. The molecular formula is C11H20BrNO2. The minimum Gasteiger partial charge on any atom is -0.378 e. The van der Waals surface area contributed by atoms with Gasteiger partial charge in [0.05, 0.1) is 6.10 Å². The number of unbranched alkanes of at least 4 members (excludes halogenated alkanes) is 1. The Bertz CT molecular complexity index is 181. The van der Waals surface area contributed by atoms with Crippen LogP contribution in [0.4, 0.5) is 0 Å². The van der Waals surface area contributed by atoms with Crippen molar-refractivity contribution in [2.24, 2.45) is 0 Å². The summed E-state index contributed by atoms with van der Waals surface area (Å²) >= 11 is 3.36. The summed E-state index contributed by atoms with van der Waals surface area (Å²) < 4.78 is 5.46. The molecule has 0 saturated carbocycles. The van der Waals surface area contributed by atoms with E-state index < -0.39 is 0 Å². The molecule has 3 nitrogen and oxygen atoms in total. The number of amides is 1. The Labute approximate surface area is 100 Å². The summed E-state index contributed by atoms with van der Waals surface area (Å²) in [6, 6.07) is 0. The van der Waals surface area contributed by atoms with Gasteiger partial charge in [0, 0.05) is 24.9 Å². The van der Waals surface area contributed by atoms with Crippen molar-refractivity contribution < 1.29 is 9.53 Å². The molecule has 1 atom stereocenters. The van der Waals surface area contributed by atoms with E-state index in [9.17, 15) is 4.79 Å². The molecule has 0 bridgehead atoms. The predicted molar refractivity (Wildman–Crippen MR) is 64.2 cm³/mol. The van der Waals surface area contributed by atoms with Crippen LogP contribution in [0.25, 0.3) is 0 Å². The first-order valence-corrected chi connectivity index (χ1v) is 6.89. The molecule has 0 aromatic heterocycles. The fourth-order valence-corrected chi connectivity index (χ4v) is 2.10. The maximum absolute atomic E-state index is 11.4. The summed E-state index contributed by atoms with van der Waals surface area (Å²) in [7, 11) is 0. The van der Waals surface area contributed by atoms with Gasteiger partial charge < -0.3 is 10.1 Å². The highest BCUT2D eigenvalue weighted by Gasteiger charge is 2.16. The first-order valence-electron chi connectivity index (χ1n) is 5.77. The quantitative estimate of drug-likeness (QED) is 0.573. The molecule has 0 spiro atoms. The number of carbonyl (C=O) groups is 1. The third kappa shape index (κ3) is 6.15. The lowest BCUT2D eigenvalue weighted by atomic mass is 10.1. The second-order valence-corrected chi connectivity index (χ2v) is 4.71. The highest BCUT2D eigenvalue weighted by Crippen LogP contribution is 2.16. The first kappa shape index (κ1) is 13.0. The van der Waals surface area contributed by atoms with Crippen molar-refractivity contribution >= 4 is 21.8 Å². The van der Waals surface area contributed by atoms with Crippen LogP contribution in [0.2, 0.25) is 0 Å². The Balaban J connectivity index is 1.93. The molecule has 1 unspecified atom stereocenters. The standard InChI is InChI=1S/C11H20BrNO2/c12-7-1-2-8-13-11(14)6-5-10-4-3-9-15-10/h10H,1-9H2,(H,13,14).